The van der Waals surface area contributed by atoms with Gasteiger partial charge in [0.2, 0.25) is 5.91 Å². The van der Waals surface area contributed by atoms with Crippen LogP contribution in [0.15, 0.2) is 23.2 Å². The van der Waals surface area contributed by atoms with E-state index >= 15 is 0 Å². The summed E-state index contributed by atoms with van der Waals surface area (Å²) in [6.45, 7) is 5.72. The molecule has 23 heavy (non-hydrogen) atoms. The minimum atomic E-state index is 0.194. The number of hydrogen-bond donors (Lipinski definition) is 0. The number of carbonyl (C=O) groups is 1. The molecule has 0 unspecified atom stereocenters. The van der Waals surface area contributed by atoms with Crippen molar-refractivity contribution in [1.82, 2.24) is 24.9 Å². The quantitative estimate of drug-likeness (QED) is 0.805. The summed E-state index contributed by atoms with van der Waals surface area (Å²) in [6.07, 6.45) is 3.47. The molecule has 2 aromatic heterocycles. The van der Waals surface area contributed by atoms with Crippen molar-refractivity contribution in [2.24, 2.45) is 0 Å². The van der Waals surface area contributed by atoms with E-state index in [0.717, 1.165) is 42.3 Å². The summed E-state index contributed by atoms with van der Waals surface area (Å²) in [5.41, 5.74) is 1.98. The van der Waals surface area contributed by atoms with Crippen molar-refractivity contribution in [3.63, 3.8) is 0 Å². The Morgan fingerprint density at radius 2 is 1.96 bits per heavy atom. The van der Waals surface area contributed by atoms with Gasteiger partial charge in [0, 0.05) is 18.8 Å². The van der Waals surface area contributed by atoms with Gasteiger partial charge in [0.05, 0.1) is 11.4 Å². The van der Waals surface area contributed by atoms with Crippen LogP contribution in [0.4, 0.5) is 0 Å². The Balaban J connectivity index is 1.59. The Labute approximate surface area is 140 Å². The van der Waals surface area contributed by atoms with Crippen LogP contribution in [0.1, 0.15) is 30.7 Å². The van der Waals surface area contributed by atoms with Crippen molar-refractivity contribution >= 4 is 17.7 Å². The van der Waals surface area contributed by atoms with Crippen LogP contribution in [-0.2, 0) is 4.79 Å². The summed E-state index contributed by atoms with van der Waals surface area (Å²) in [5, 5.41) is 13.6. The van der Waals surface area contributed by atoms with Gasteiger partial charge in [-0.2, -0.15) is 5.10 Å². The average molecular weight is 331 g/mol. The number of carbonyl (C=O) groups excluding carboxylic acids is 1. The molecule has 0 radical (unpaired) electrons. The molecule has 1 saturated heterocycles. The van der Waals surface area contributed by atoms with Gasteiger partial charge in [0.25, 0.3) is 0 Å². The largest absolute Gasteiger partial charge is 0.342 e. The van der Waals surface area contributed by atoms with Gasteiger partial charge in [0.1, 0.15) is 5.03 Å². The highest BCUT2D eigenvalue weighted by atomic mass is 32.2. The van der Waals surface area contributed by atoms with Gasteiger partial charge < -0.3 is 4.90 Å². The standard InChI is InChI=1S/C16H21N5OS/c1-12-10-13(2)21(19-12)14-6-7-15(18-17-14)23-11-16(22)20-8-4-3-5-9-20/h6-7,10H,3-5,8-9,11H2,1-2H3. The molecule has 0 bridgehead atoms. The van der Waals surface area contributed by atoms with Crippen molar-refractivity contribution in [1.29, 1.82) is 0 Å². The maximum absolute atomic E-state index is 12.2. The first-order valence-electron chi connectivity index (χ1n) is 7.91. The lowest BCUT2D eigenvalue weighted by atomic mass is 10.1. The fourth-order valence-corrected chi connectivity index (χ4v) is 3.45. The highest BCUT2D eigenvalue weighted by Crippen LogP contribution is 2.18. The summed E-state index contributed by atoms with van der Waals surface area (Å²) in [5.74, 6) is 1.31. The molecule has 0 aliphatic carbocycles. The van der Waals surface area contributed by atoms with Crippen LogP contribution in [0.5, 0.6) is 0 Å². The van der Waals surface area contributed by atoms with Gasteiger partial charge in [-0.05, 0) is 51.3 Å². The predicted molar refractivity (Wildman–Crippen MR) is 89.8 cm³/mol. The summed E-state index contributed by atoms with van der Waals surface area (Å²) in [6, 6.07) is 5.79. The molecule has 3 heterocycles. The molecule has 7 heteroatoms. The topological polar surface area (TPSA) is 63.9 Å². The van der Waals surface area contributed by atoms with E-state index < -0.39 is 0 Å². The molecular formula is C16H21N5OS. The normalized spacial score (nSPS) is 15.0. The summed E-state index contributed by atoms with van der Waals surface area (Å²) < 4.78 is 1.77. The third-order valence-corrected chi connectivity index (χ3v) is 4.81. The number of aromatic nitrogens is 4. The van der Waals surface area contributed by atoms with Crippen LogP contribution in [-0.4, -0.2) is 49.6 Å². The minimum absolute atomic E-state index is 0.194. The van der Waals surface area contributed by atoms with E-state index in [1.807, 2.05) is 36.9 Å². The smallest absolute Gasteiger partial charge is 0.232 e. The SMILES string of the molecule is Cc1cc(C)n(-c2ccc(SCC(=O)N3CCCCC3)nn2)n1. The third kappa shape index (κ3) is 3.90. The van der Waals surface area contributed by atoms with Crippen molar-refractivity contribution in [2.75, 3.05) is 18.8 Å². The van der Waals surface area contributed by atoms with E-state index in [2.05, 4.69) is 15.3 Å². The van der Waals surface area contributed by atoms with Crippen molar-refractivity contribution in [3.05, 3.63) is 29.6 Å². The molecule has 2 aromatic rings. The number of amides is 1. The van der Waals surface area contributed by atoms with E-state index in [4.69, 9.17) is 0 Å². The van der Waals surface area contributed by atoms with Crippen molar-refractivity contribution < 1.29 is 4.79 Å². The van der Waals surface area contributed by atoms with E-state index in [0.29, 0.717) is 11.6 Å². The maximum atomic E-state index is 12.2. The highest BCUT2D eigenvalue weighted by molar-refractivity contribution is 7.99. The van der Waals surface area contributed by atoms with Crippen molar-refractivity contribution in [2.45, 2.75) is 38.1 Å². The fraction of sp³-hybridized carbons (Fsp3) is 0.500. The molecule has 0 saturated carbocycles. The molecule has 0 spiro atoms. The Morgan fingerprint density at radius 1 is 1.17 bits per heavy atom. The number of likely N-dealkylation sites (tertiary alicyclic amines) is 1. The van der Waals surface area contributed by atoms with E-state index in [-0.39, 0.29) is 5.91 Å². The number of nitrogens with zero attached hydrogens (tertiary/aromatic N) is 5. The lowest BCUT2D eigenvalue weighted by molar-refractivity contribution is -0.129. The first kappa shape index (κ1) is 16.0. The molecule has 0 aromatic carbocycles. The second-order valence-corrected chi connectivity index (χ2v) is 6.79. The number of piperidine rings is 1. The minimum Gasteiger partial charge on any atom is -0.342 e. The zero-order valence-corrected chi connectivity index (χ0v) is 14.3. The third-order valence-electron chi connectivity index (χ3n) is 3.90. The van der Waals surface area contributed by atoms with E-state index in [1.54, 1.807) is 4.68 Å². The van der Waals surface area contributed by atoms with Crippen LogP contribution in [0.25, 0.3) is 5.82 Å². The Hall–Kier alpha value is -1.89. The van der Waals surface area contributed by atoms with E-state index in [9.17, 15) is 4.79 Å². The summed E-state index contributed by atoms with van der Waals surface area (Å²) in [4.78, 5) is 14.1. The monoisotopic (exact) mass is 331 g/mol. The summed E-state index contributed by atoms with van der Waals surface area (Å²) >= 11 is 1.44. The second-order valence-electron chi connectivity index (χ2n) is 5.80. The number of thioether (sulfide) groups is 1. The average Bonchev–Trinajstić information content (AvgIpc) is 2.92. The Kier molecular flexibility index (Phi) is 4.95. The Bertz CT molecular complexity index is 676. The molecule has 122 valence electrons. The van der Waals surface area contributed by atoms with Gasteiger partial charge >= 0.3 is 0 Å². The van der Waals surface area contributed by atoms with Crippen LogP contribution < -0.4 is 0 Å². The van der Waals surface area contributed by atoms with Gasteiger partial charge in [-0.3, -0.25) is 4.79 Å². The number of rotatable bonds is 4. The van der Waals surface area contributed by atoms with Crippen LogP contribution in [0.2, 0.25) is 0 Å². The second kappa shape index (κ2) is 7.12. The fourth-order valence-electron chi connectivity index (χ4n) is 2.73. The van der Waals surface area contributed by atoms with Gasteiger partial charge in [-0.25, -0.2) is 4.68 Å². The molecule has 3 rings (SSSR count). The molecule has 1 amide bonds. The molecule has 1 aliphatic rings. The lowest BCUT2D eigenvalue weighted by Crippen LogP contribution is -2.36. The zero-order valence-electron chi connectivity index (χ0n) is 13.5. The zero-order chi connectivity index (χ0) is 16.2. The van der Waals surface area contributed by atoms with Gasteiger partial charge in [-0.15, -0.1) is 10.2 Å². The highest BCUT2D eigenvalue weighted by Gasteiger charge is 2.16. The number of hydrogen-bond acceptors (Lipinski definition) is 5. The van der Waals surface area contributed by atoms with E-state index in [1.165, 1.54) is 18.2 Å². The first-order valence-corrected chi connectivity index (χ1v) is 8.90. The van der Waals surface area contributed by atoms with Crippen molar-refractivity contribution in [3.8, 4) is 5.82 Å². The predicted octanol–water partition coefficient (Wildman–Crippen LogP) is 2.38. The lowest BCUT2D eigenvalue weighted by Gasteiger charge is -2.26. The molecule has 0 N–H and O–H groups in total. The summed E-state index contributed by atoms with van der Waals surface area (Å²) in [7, 11) is 0. The van der Waals surface area contributed by atoms with Crippen LogP contribution >= 0.6 is 11.8 Å². The van der Waals surface area contributed by atoms with Crippen LogP contribution in [0.3, 0.4) is 0 Å². The van der Waals surface area contributed by atoms with Gasteiger partial charge in [-0.1, -0.05) is 11.8 Å². The molecule has 1 aliphatic heterocycles. The molecular weight excluding hydrogens is 310 g/mol. The Morgan fingerprint density at radius 3 is 2.57 bits per heavy atom. The molecule has 6 nitrogen and oxygen atoms in total. The molecule has 1 fully saturated rings. The maximum Gasteiger partial charge on any atom is 0.232 e. The number of aryl methyl sites for hydroxylation is 2. The first-order chi connectivity index (χ1) is 11.1. The van der Waals surface area contributed by atoms with Crippen LogP contribution in [0, 0.1) is 13.8 Å². The molecule has 0 atom stereocenters. The van der Waals surface area contributed by atoms with Gasteiger partial charge in [0.15, 0.2) is 5.82 Å².